The molecule has 29 heavy (non-hydrogen) atoms. The first kappa shape index (κ1) is 18.8. The molecule has 3 aromatic rings. The smallest absolute Gasteiger partial charge is 0.282 e. The second kappa shape index (κ2) is 7.81. The molecule has 6 nitrogen and oxygen atoms in total. The fourth-order valence-electron chi connectivity index (χ4n) is 3.11. The van der Waals surface area contributed by atoms with Crippen LogP contribution in [0, 0.1) is 0 Å². The van der Waals surface area contributed by atoms with E-state index < -0.39 is 5.91 Å². The molecule has 4 rings (SSSR count). The highest BCUT2D eigenvalue weighted by molar-refractivity contribution is 7.11. The summed E-state index contributed by atoms with van der Waals surface area (Å²) < 4.78 is 10.4. The average Bonchev–Trinajstić information content (AvgIpc) is 3.35. The molecule has 0 bridgehead atoms. The Kier molecular flexibility index (Phi) is 5.05. The Balaban J connectivity index is 1.76. The van der Waals surface area contributed by atoms with Crippen molar-refractivity contribution in [2.24, 2.45) is 0 Å². The Labute approximate surface area is 172 Å². The zero-order chi connectivity index (χ0) is 20.4. The first-order valence-electron chi connectivity index (χ1n) is 8.84. The Hall–Kier alpha value is -3.58. The van der Waals surface area contributed by atoms with Crippen LogP contribution in [0.15, 0.2) is 71.7 Å². The van der Waals surface area contributed by atoms with Crippen molar-refractivity contribution in [1.29, 1.82) is 0 Å². The van der Waals surface area contributed by atoms with Crippen LogP contribution in [-0.2, 0) is 9.59 Å². The Morgan fingerprint density at radius 1 is 0.862 bits per heavy atom. The molecule has 2 aromatic carbocycles. The minimum atomic E-state index is -0.411. The molecule has 2 heterocycles. The summed E-state index contributed by atoms with van der Waals surface area (Å²) in [6.07, 6.45) is 0. The van der Waals surface area contributed by atoms with Crippen LogP contribution in [0.5, 0.6) is 11.5 Å². The molecule has 0 spiro atoms. The molecular formula is C22H18N2O4S. The van der Waals surface area contributed by atoms with E-state index in [2.05, 4.69) is 5.32 Å². The van der Waals surface area contributed by atoms with Gasteiger partial charge in [0.05, 0.1) is 25.5 Å². The third-order valence-corrected chi connectivity index (χ3v) is 5.41. The molecule has 1 N–H and O–H groups in total. The van der Waals surface area contributed by atoms with Crippen molar-refractivity contribution in [2.75, 3.05) is 24.4 Å². The zero-order valence-electron chi connectivity index (χ0n) is 15.8. The van der Waals surface area contributed by atoms with Gasteiger partial charge in [-0.2, -0.15) is 0 Å². The molecule has 1 aliphatic rings. The quantitative estimate of drug-likeness (QED) is 0.623. The van der Waals surface area contributed by atoms with Crippen molar-refractivity contribution in [3.63, 3.8) is 0 Å². The third-order valence-electron chi connectivity index (χ3n) is 4.52. The molecule has 0 saturated carbocycles. The molecule has 0 atom stereocenters. The number of amides is 2. The lowest BCUT2D eigenvalue weighted by molar-refractivity contribution is -0.120. The number of rotatable bonds is 6. The molecule has 1 aromatic heterocycles. The van der Waals surface area contributed by atoms with Gasteiger partial charge in [0.15, 0.2) is 0 Å². The molecule has 0 aliphatic carbocycles. The first-order valence-corrected chi connectivity index (χ1v) is 9.72. The van der Waals surface area contributed by atoms with Crippen LogP contribution < -0.4 is 19.7 Å². The van der Waals surface area contributed by atoms with E-state index in [9.17, 15) is 9.59 Å². The van der Waals surface area contributed by atoms with Gasteiger partial charge in [-0.3, -0.25) is 9.59 Å². The van der Waals surface area contributed by atoms with Gasteiger partial charge >= 0.3 is 0 Å². The van der Waals surface area contributed by atoms with Crippen molar-refractivity contribution < 1.29 is 19.1 Å². The lowest BCUT2D eigenvalue weighted by atomic mass is 10.2. The summed E-state index contributed by atoms with van der Waals surface area (Å²) >= 11 is 1.41. The van der Waals surface area contributed by atoms with Gasteiger partial charge in [-0.25, -0.2) is 4.90 Å². The standard InChI is InChI=1S/C22H18N2O4S/c1-27-16-10-8-15(9-11-16)24-21(25)19(18-7-4-12-29-18)20(22(24)26)23-14-5-3-6-17(13-14)28-2/h3-13,23H,1-2H3. The highest BCUT2D eigenvalue weighted by Gasteiger charge is 2.40. The van der Waals surface area contributed by atoms with Gasteiger partial charge in [-0.15, -0.1) is 11.3 Å². The number of methoxy groups -OCH3 is 2. The van der Waals surface area contributed by atoms with Gasteiger partial charge in [-0.1, -0.05) is 12.1 Å². The fraction of sp³-hybridized carbons (Fsp3) is 0.0909. The highest BCUT2D eigenvalue weighted by Crippen LogP contribution is 2.36. The lowest BCUT2D eigenvalue weighted by Crippen LogP contribution is -2.32. The van der Waals surface area contributed by atoms with Crippen LogP contribution in [-0.4, -0.2) is 26.0 Å². The predicted octanol–water partition coefficient (Wildman–Crippen LogP) is 4.16. The molecule has 2 amide bonds. The van der Waals surface area contributed by atoms with E-state index in [4.69, 9.17) is 9.47 Å². The molecule has 0 unspecified atom stereocenters. The van der Waals surface area contributed by atoms with Crippen LogP contribution >= 0.6 is 11.3 Å². The third kappa shape index (κ3) is 3.48. The van der Waals surface area contributed by atoms with Crippen LogP contribution in [0.1, 0.15) is 4.88 Å². The summed E-state index contributed by atoms with van der Waals surface area (Å²) in [7, 11) is 3.14. The number of nitrogens with one attached hydrogen (secondary N) is 1. The number of nitrogens with zero attached hydrogens (tertiary/aromatic N) is 1. The number of imide groups is 1. The van der Waals surface area contributed by atoms with Crippen molar-refractivity contribution in [3.05, 3.63) is 76.6 Å². The van der Waals surface area contributed by atoms with Crippen molar-refractivity contribution in [2.45, 2.75) is 0 Å². The summed E-state index contributed by atoms with van der Waals surface area (Å²) in [4.78, 5) is 28.4. The monoisotopic (exact) mass is 406 g/mol. The van der Waals surface area contributed by atoms with Gasteiger partial charge in [0.1, 0.15) is 17.2 Å². The van der Waals surface area contributed by atoms with Gasteiger partial charge in [0.25, 0.3) is 11.8 Å². The predicted molar refractivity (Wildman–Crippen MR) is 113 cm³/mol. The average molecular weight is 406 g/mol. The zero-order valence-corrected chi connectivity index (χ0v) is 16.7. The summed E-state index contributed by atoms with van der Waals surface area (Å²) in [6.45, 7) is 0. The Bertz CT molecular complexity index is 1090. The number of ether oxygens (including phenoxy) is 2. The second-order valence-corrected chi connectivity index (χ2v) is 7.18. The number of carbonyl (C=O) groups is 2. The fourth-order valence-corrected chi connectivity index (χ4v) is 3.87. The molecule has 146 valence electrons. The van der Waals surface area contributed by atoms with Crippen molar-refractivity contribution in [1.82, 2.24) is 0 Å². The minimum Gasteiger partial charge on any atom is -0.497 e. The number of thiophene rings is 1. The van der Waals surface area contributed by atoms with Crippen LogP contribution in [0.2, 0.25) is 0 Å². The normalized spacial score (nSPS) is 13.8. The number of benzene rings is 2. The Morgan fingerprint density at radius 3 is 2.28 bits per heavy atom. The maximum atomic E-state index is 13.3. The van der Waals surface area contributed by atoms with Gasteiger partial charge in [0, 0.05) is 16.6 Å². The molecule has 0 saturated heterocycles. The van der Waals surface area contributed by atoms with Gasteiger partial charge in [-0.05, 0) is 47.8 Å². The van der Waals surface area contributed by atoms with E-state index in [-0.39, 0.29) is 11.6 Å². The first-order chi connectivity index (χ1) is 14.1. The number of carbonyl (C=O) groups excluding carboxylic acids is 2. The summed E-state index contributed by atoms with van der Waals surface area (Å²) in [5.41, 5.74) is 1.73. The topological polar surface area (TPSA) is 67.9 Å². The van der Waals surface area contributed by atoms with Gasteiger partial charge in [0.2, 0.25) is 0 Å². The number of hydrogen-bond donors (Lipinski definition) is 1. The van der Waals surface area contributed by atoms with E-state index in [0.29, 0.717) is 28.4 Å². The molecule has 0 fully saturated rings. The lowest BCUT2D eigenvalue weighted by Gasteiger charge is -2.16. The van der Waals surface area contributed by atoms with Crippen LogP contribution in [0.4, 0.5) is 11.4 Å². The summed E-state index contributed by atoms with van der Waals surface area (Å²) in [6, 6.07) is 17.7. The second-order valence-electron chi connectivity index (χ2n) is 6.23. The van der Waals surface area contributed by atoms with Crippen molar-refractivity contribution in [3.8, 4) is 11.5 Å². The Morgan fingerprint density at radius 2 is 1.62 bits per heavy atom. The maximum absolute atomic E-state index is 13.3. The molecule has 1 aliphatic heterocycles. The van der Waals surface area contributed by atoms with E-state index in [1.807, 2.05) is 35.7 Å². The molecule has 7 heteroatoms. The SMILES string of the molecule is COc1ccc(N2C(=O)C(Nc3cccc(OC)c3)=C(c3cccs3)C2=O)cc1. The summed E-state index contributed by atoms with van der Waals surface area (Å²) in [5, 5.41) is 5.00. The molecule has 0 radical (unpaired) electrons. The van der Waals surface area contributed by atoms with Gasteiger partial charge < -0.3 is 14.8 Å². The largest absolute Gasteiger partial charge is 0.497 e. The summed E-state index contributed by atoms with van der Waals surface area (Å²) in [5.74, 6) is 0.519. The van der Waals surface area contributed by atoms with Crippen LogP contribution in [0.25, 0.3) is 5.57 Å². The van der Waals surface area contributed by atoms with Crippen LogP contribution in [0.3, 0.4) is 0 Å². The van der Waals surface area contributed by atoms with E-state index >= 15 is 0 Å². The number of hydrogen-bond acceptors (Lipinski definition) is 6. The molecular weight excluding hydrogens is 388 g/mol. The maximum Gasteiger partial charge on any atom is 0.282 e. The van der Waals surface area contributed by atoms with E-state index in [1.165, 1.54) is 16.2 Å². The van der Waals surface area contributed by atoms with Crippen molar-refractivity contribution >= 4 is 40.1 Å². The number of anilines is 2. The highest BCUT2D eigenvalue weighted by atomic mass is 32.1. The van der Waals surface area contributed by atoms with E-state index in [0.717, 1.165) is 4.88 Å². The minimum absolute atomic E-state index is 0.238. The van der Waals surface area contributed by atoms with E-state index in [1.54, 1.807) is 44.6 Å².